The Kier molecular flexibility index (Phi) is 2.65. The fourth-order valence-electron chi connectivity index (χ4n) is 2.59. The summed E-state index contributed by atoms with van der Waals surface area (Å²) >= 11 is 0. The number of alkyl halides is 3. The molecule has 1 aliphatic rings. The lowest BCUT2D eigenvalue weighted by molar-refractivity contribution is -0.142. The zero-order chi connectivity index (χ0) is 13.6. The predicted octanol–water partition coefficient (Wildman–Crippen LogP) is 2.50. The maximum absolute atomic E-state index is 13.0. The molecule has 0 aliphatic heterocycles. The van der Waals surface area contributed by atoms with Gasteiger partial charge in [0, 0.05) is 24.4 Å². The molecule has 0 atom stereocenters. The van der Waals surface area contributed by atoms with Crippen LogP contribution in [0.1, 0.15) is 29.8 Å². The van der Waals surface area contributed by atoms with E-state index in [4.69, 9.17) is 0 Å². The molecule has 102 valence electrons. The van der Waals surface area contributed by atoms with Gasteiger partial charge in [-0.15, -0.1) is 0 Å². The molecule has 0 saturated carbocycles. The first-order valence-corrected chi connectivity index (χ1v) is 6.15. The first kappa shape index (κ1) is 12.3. The summed E-state index contributed by atoms with van der Waals surface area (Å²) in [6.45, 7) is 0. The molecule has 0 N–H and O–H groups in total. The summed E-state index contributed by atoms with van der Waals surface area (Å²) in [5.74, 6) is 0.564. The Morgan fingerprint density at radius 2 is 1.95 bits per heavy atom. The number of fused-ring (bicyclic) bond motifs is 1. The van der Waals surface area contributed by atoms with Crippen LogP contribution in [0.5, 0.6) is 0 Å². The van der Waals surface area contributed by atoms with Gasteiger partial charge in [0.05, 0.1) is 6.20 Å². The lowest BCUT2D eigenvalue weighted by Gasteiger charge is -2.14. The molecule has 0 saturated heterocycles. The summed E-state index contributed by atoms with van der Waals surface area (Å²) in [4.78, 5) is 0. The van der Waals surface area contributed by atoms with Crippen molar-refractivity contribution < 1.29 is 13.2 Å². The van der Waals surface area contributed by atoms with E-state index in [1.807, 2.05) is 0 Å². The molecule has 7 heteroatoms. The van der Waals surface area contributed by atoms with Crippen LogP contribution in [0.3, 0.4) is 0 Å². The van der Waals surface area contributed by atoms with Crippen molar-refractivity contribution in [3.63, 3.8) is 0 Å². The minimum Gasteiger partial charge on any atom is -0.251 e. The highest BCUT2D eigenvalue weighted by molar-refractivity contribution is 5.36. The van der Waals surface area contributed by atoms with Crippen LogP contribution in [-0.2, 0) is 26.1 Å². The molecular weight excluding hydrogens is 257 g/mol. The van der Waals surface area contributed by atoms with Crippen LogP contribution < -0.4 is 0 Å². The molecular formula is C12H13F3N4. The maximum atomic E-state index is 13.0. The zero-order valence-electron chi connectivity index (χ0n) is 10.4. The van der Waals surface area contributed by atoms with E-state index in [0.29, 0.717) is 29.9 Å². The van der Waals surface area contributed by atoms with Crippen LogP contribution >= 0.6 is 0 Å². The van der Waals surface area contributed by atoms with E-state index in [2.05, 4.69) is 10.2 Å². The maximum Gasteiger partial charge on any atom is 0.435 e. The molecule has 0 radical (unpaired) electrons. The fraction of sp³-hybridized carbons (Fsp3) is 0.500. The van der Waals surface area contributed by atoms with Gasteiger partial charge in [0.15, 0.2) is 11.5 Å². The molecule has 0 unspecified atom stereocenters. The van der Waals surface area contributed by atoms with Crippen molar-refractivity contribution in [2.24, 2.45) is 7.05 Å². The van der Waals surface area contributed by atoms with Gasteiger partial charge in [0.25, 0.3) is 0 Å². The van der Waals surface area contributed by atoms with Crippen LogP contribution in [0, 0.1) is 0 Å². The second-order valence-electron chi connectivity index (χ2n) is 4.70. The summed E-state index contributed by atoms with van der Waals surface area (Å²) in [5, 5.41) is 7.79. The standard InChI is InChI=1S/C12H13F3N4/c1-18-10(6-7-16-18)19-9-5-3-2-4-8(9)11(17-19)12(13,14)15/h6-7H,2-5H2,1H3. The number of rotatable bonds is 1. The second kappa shape index (κ2) is 4.11. The Labute approximate surface area is 107 Å². The van der Waals surface area contributed by atoms with Crippen LogP contribution in [-0.4, -0.2) is 19.6 Å². The van der Waals surface area contributed by atoms with Crippen molar-refractivity contribution >= 4 is 0 Å². The summed E-state index contributed by atoms with van der Waals surface area (Å²) in [6.07, 6.45) is -0.0859. The minimum atomic E-state index is -4.40. The van der Waals surface area contributed by atoms with Gasteiger partial charge >= 0.3 is 6.18 Å². The summed E-state index contributed by atoms with van der Waals surface area (Å²) < 4.78 is 42.0. The fourth-order valence-corrected chi connectivity index (χ4v) is 2.59. The lowest BCUT2D eigenvalue weighted by Crippen LogP contribution is -2.11. The van der Waals surface area contributed by atoms with Crippen molar-refractivity contribution in [3.05, 3.63) is 29.2 Å². The summed E-state index contributed by atoms with van der Waals surface area (Å²) in [5.41, 5.74) is 0.269. The largest absolute Gasteiger partial charge is 0.435 e. The molecule has 2 aromatic heterocycles. The Morgan fingerprint density at radius 1 is 1.21 bits per heavy atom. The highest BCUT2D eigenvalue weighted by Gasteiger charge is 2.39. The molecule has 19 heavy (non-hydrogen) atoms. The van der Waals surface area contributed by atoms with E-state index in [-0.39, 0.29) is 0 Å². The highest BCUT2D eigenvalue weighted by atomic mass is 19.4. The van der Waals surface area contributed by atoms with Gasteiger partial charge in [-0.3, -0.25) is 4.68 Å². The van der Waals surface area contributed by atoms with Crippen molar-refractivity contribution in [2.75, 3.05) is 0 Å². The number of hydrogen-bond donors (Lipinski definition) is 0. The number of hydrogen-bond acceptors (Lipinski definition) is 2. The predicted molar refractivity (Wildman–Crippen MR) is 62.0 cm³/mol. The number of halogens is 3. The summed E-state index contributed by atoms with van der Waals surface area (Å²) in [6, 6.07) is 1.67. The van der Waals surface area contributed by atoms with Gasteiger partial charge in [-0.1, -0.05) is 0 Å². The van der Waals surface area contributed by atoms with Gasteiger partial charge in [0.2, 0.25) is 0 Å². The molecule has 0 amide bonds. The average molecular weight is 270 g/mol. The molecule has 4 nitrogen and oxygen atoms in total. The molecule has 0 spiro atoms. The first-order chi connectivity index (χ1) is 8.98. The van der Waals surface area contributed by atoms with E-state index in [9.17, 15) is 13.2 Å². The average Bonchev–Trinajstić information content (AvgIpc) is 2.91. The molecule has 0 fully saturated rings. The SMILES string of the molecule is Cn1nccc1-n1nc(C(F)(F)F)c2c1CCCC2. The van der Waals surface area contributed by atoms with Crippen LogP contribution in [0.25, 0.3) is 5.82 Å². The lowest BCUT2D eigenvalue weighted by atomic mass is 9.95. The van der Waals surface area contributed by atoms with Gasteiger partial charge in [0.1, 0.15) is 0 Å². The third-order valence-corrected chi connectivity index (χ3v) is 3.46. The molecule has 2 heterocycles. The number of nitrogens with zero attached hydrogens (tertiary/aromatic N) is 4. The van der Waals surface area contributed by atoms with Crippen LogP contribution in [0.2, 0.25) is 0 Å². The summed E-state index contributed by atoms with van der Waals surface area (Å²) in [7, 11) is 1.69. The Morgan fingerprint density at radius 3 is 2.58 bits per heavy atom. The van der Waals surface area contributed by atoms with E-state index < -0.39 is 11.9 Å². The van der Waals surface area contributed by atoms with Gasteiger partial charge in [-0.05, 0) is 25.7 Å². The van der Waals surface area contributed by atoms with Gasteiger partial charge in [-0.2, -0.15) is 23.4 Å². The third kappa shape index (κ3) is 1.93. The van der Waals surface area contributed by atoms with E-state index in [1.165, 1.54) is 9.36 Å². The molecule has 1 aliphatic carbocycles. The zero-order valence-corrected chi connectivity index (χ0v) is 10.4. The Balaban J connectivity index is 2.21. The molecule has 2 aromatic rings. The van der Waals surface area contributed by atoms with Crippen molar-refractivity contribution in [2.45, 2.75) is 31.9 Å². The topological polar surface area (TPSA) is 35.6 Å². The van der Waals surface area contributed by atoms with Gasteiger partial charge in [-0.25, -0.2) is 4.68 Å². The number of aromatic nitrogens is 4. The second-order valence-corrected chi connectivity index (χ2v) is 4.70. The quantitative estimate of drug-likeness (QED) is 0.798. The van der Waals surface area contributed by atoms with Crippen molar-refractivity contribution in [1.29, 1.82) is 0 Å². The normalized spacial score (nSPS) is 15.6. The van der Waals surface area contributed by atoms with E-state index in [1.54, 1.807) is 19.3 Å². The van der Waals surface area contributed by atoms with E-state index in [0.717, 1.165) is 12.8 Å². The van der Waals surface area contributed by atoms with E-state index >= 15 is 0 Å². The Hall–Kier alpha value is -1.79. The minimum absolute atomic E-state index is 0.347. The van der Waals surface area contributed by atoms with Gasteiger partial charge < -0.3 is 0 Å². The molecule has 0 bridgehead atoms. The monoisotopic (exact) mass is 270 g/mol. The first-order valence-electron chi connectivity index (χ1n) is 6.15. The third-order valence-electron chi connectivity index (χ3n) is 3.46. The molecule has 3 rings (SSSR count). The Bertz CT molecular complexity index is 609. The van der Waals surface area contributed by atoms with Crippen molar-refractivity contribution in [1.82, 2.24) is 19.6 Å². The van der Waals surface area contributed by atoms with Crippen LogP contribution in [0.15, 0.2) is 12.3 Å². The number of aryl methyl sites for hydroxylation is 1. The smallest absolute Gasteiger partial charge is 0.251 e. The van der Waals surface area contributed by atoms with Crippen LogP contribution in [0.4, 0.5) is 13.2 Å². The molecule has 0 aromatic carbocycles. The van der Waals surface area contributed by atoms with Crippen molar-refractivity contribution in [3.8, 4) is 5.82 Å². The highest BCUT2D eigenvalue weighted by Crippen LogP contribution is 2.36.